The van der Waals surface area contributed by atoms with Gasteiger partial charge in [0.2, 0.25) is 5.91 Å². The molecule has 0 spiro atoms. The maximum Gasteiger partial charge on any atom is 0.264 e. The Morgan fingerprint density at radius 2 is 1.81 bits per heavy atom. The highest BCUT2D eigenvalue weighted by molar-refractivity contribution is 7.12. The smallest absolute Gasteiger partial charge is 0.264 e. The van der Waals surface area contributed by atoms with Gasteiger partial charge in [-0.15, -0.1) is 11.3 Å². The maximum atomic E-state index is 13.6. The first-order valence-electron chi connectivity index (χ1n) is 13.8. The van der Waals surface area contributed by atoms with E-state index in [4.69, 9.17) is 5.73 Å². The number of thiophene rings is 1. The second-order valence-electron chi connectivity index (χ2n) is 11.1. The first-order valence-corrected chi connectivity index (χ1v) is 14.7. The molecule has 1 saturated heterocycles. The van der Waals surface area contributed by atoms with E-state index in [2.05, 4.69) is 10.2 Å². The molecule has 8 heteroatoms. The van der Waals surface area contributed by atoms with Crippen molar-refractivity contribution in [3.63, 3.8) is 0 Å². The van der Waals surface area contributed by atoms with Crippen LogP contribution >= 0.6 is 11.3 Å². The minimum absolute atomic E-state index is 0.0398. The lowest BCUT2D eigenvalue weighted by Gasteiger charge is -2.43. The lowest BCUT2D eigenvalue weighted by Crippen LogP contribution is -2.57. The van der Waals surface area contributed by atoms with E-state index in [0.717, 1.165) is 50.6 Å². The molecular weight excluding hydrogens is 487 g/mol. The zero-order chi connectivity index (χ0) is 25.8. The number of likely N-dealkylation sites (tertiary alicyclic amines) is 1. The van der Waals surface area contributed by atoms with Gasteiger partial charge in [-0.1, -0.05) is 24.6 Å². The Kier molecular flexibility index (Phi) is 8.57. The van der Waals surface area contributed by atoms with Crippen LogP contribution in [0.2, 0.25) is 0 Å². The largest absolute Gasteiger partial charge is 0.354 e. The van der Waals surface area contributed by atoms with Gasteiger partial charge in [-0.3, -0.25) is 14.5 Å². The fraction of sp³-hybridized carbons (Fsp3) is 0.586. The van der Waals surface area contributed by atoms with Crippen molar-refractivity contribution in [3.8, 4) is 0 Å². The van der Waals surface area contributed by atoms with Crippen LogP contribution < -0.4 is 11.1 Å². The molecule has 1 aromatic carbocycles. The lowest BCUT2D eigenvalue weighted by atomic mass is 9.81. The summed E-state index contributed by atoms with van der Waals surface area (Å²) in [4.78, 5) is 32.0. The van der Waals surface area contributed by atoms with Crippen LogP contribution in [-0.2, 0) is 11.3 Å². The summed E-state index contributed by atoms with van der Waals surface area (Å²) >= 11 is 1.43. The van der Waals surface area contributed by atoms with Crippen LogP contribution in [0, 0.1) is 17.7 Å². The molecule has 1 aromatic heterocycles. The Hall–Kier alpha value is -2.29. The van der Waals surface area contributed by atoms with Crippen molar-refractivity contribution in [1.29, 1.82) is 0 Å². The predicted molar refractivity (Wildman–Crippen MR) is 145 cm³/mol. The number of nitrogens with one attached hydrogen (secondary N) is 1. The average Bonchev–Trinajstić information content (AvgIpc) is 3.62. The summed E-state index contributed by atoms with van der Waals surface area (Å²) in [6.45, 7) is 2.67. The zero-order valence-corrected chi connectivity index (χ0v) is 22.3. The maximum absolute atomic E-state index is 13.6. The van der Waals surface area contributed by atoms with Crippen molar-refractivity contribution in [1.82, 2.24) is 15.1 Å². The van der Waals surface area contributed by atoms with Crippen molar-refractivity contribution < 1.29 is 14.0 Å². The Balaban J connectivity index is 1.29. The third-order valence-corrected chi connectivity index (χ3v) is 9.28. The molecular formula is C29H39FN4O2S. The van der Waals surface area contributed by atoms with Gasteiger partial charge in [-0.2, -0.15) is 0 Å². The van der Waals surface area contributed by atoms with Gasteiger partial charge in [0.05, 0.1) is 4.88 Å². The molecule has 3 unspecified atom stereocenters. The van der Waals surface area contributed by atoms with Crippen LogP contribution in [0.5, 0.6) is 0 Å². The summed E-state index contributed by atoms with van der Waals surface area (Å²) in [5.41, 5.74) is 7.00. The third kappa shape index (κ3) is 6.59. The standard InChI is InChI=1S/C29H39FN4O2S/c30-23-8-6-20(7-9-23)19-34(24-10-11-24)25-12-13-33(29(36)27-5-2-14-37-27)26(16-25)28(35)32-18-22-4-1-3-21(15-22)17-31/h2,5-9,14,21-22,24-26H,1,3-4,10-13,15-19,31H2,(H,32,35)/t21?,22?,25?,26-/m1/s1. The van der Waals surface area contributed by atoms with E-state index in [1.807, 2.05) is 29.6 Å². The van der Waals surface area contributed by atoms with Gasteiger partial charge in [0, 0.05) is 31.7 Å². The van der Waals surface area contributed by atoms with Gasteiger partial charge in [-0.05, 0) is 92.5 Å². The number of carbonyl (C=O) groups is 2. The SMILES string of the molecule is NCC1CCCC(CNC(=O)[C@H]2CC(N(Cc3ccc(F)cc3)C3CC3)CCN2C(=O)c2cccs2)C1. The summed E-state index contributed by atoms with van der Waals surface area (Å²) in [5, 5.41) is 5.13. The number of amides is 2. The number of piperidine rings is 1. The first kappa shape index (κ1) is 26.3. The first-order chi connectivity index (χ1) is 18.0. The molecule has 0 bridgehead atoms. The monoisotopic (exact) mass is 526 g/mol. The quantitative estimate of drug-likeness (QED) is 0.508. The number of hydrogen-bond acceptors (Lipinski definition) is 5. The highest BCUT2D eigenvalue weighted by atomic mass is 32.1. The number of nitrogens with two attached hydrogens (primary N) is 1. The molecule has 37 heavy (non-hydrogen) atoms. The highest BCUT2D eigenvalue weighted by Gasteiger charge is 2.42. The number of nitrogens with zero attached hydrogens (tertiary/aromatic N) is 2. The van der Waals surface area contributed by atoms with E-state index in [-0.39, 0.29) is 23.7 Å². The van der Waals surface area contributed by atoms with E-state index in [0.29, 0.717) is 48.8 Å². The lowest BCUT2D eigenvalue weighted by molar-refractivity contribution is -0.128. The fourth-order valence-corrected chi connectivity index (χ4v) is 6.89. The molecule has 2 aromatic rings. The topological polar surface area (TPSA) is 78.7 Å². The second-order valence-corrected chi connectivity index (χ2v) is 12.0. The Morgan fingerprint density at radius 1 is 1.03 bits per heavy atom. The van der Waals surface area contributed by atoms with Gasteiger partial charge in [0.25, 0.3) is 5.91 Å². The van der Waals surface area contributed by atoms with Gasteiger partial charge >= 0.3 is 0 Å². The fourth-order valence-electron chi connectivity index (χ4n) is 6.21. The molecule has 2 amide bonds. The van der Waals surface area contributed by atoms with Crippen LogP contribution in [0.15, 0.2) is 41.8 Å². The van der Waals surface area contributed by atoms with Crippen LogP contribution in [-0.4, -0.2) is 59.4 Å². The molecule has 3 N–H and O–H groups in total. The molecule has 2 heterocycles. The third-order valence-electron chi connectivity index (χ3n) is 8.42. The summed E-state index contributed by atoms with van der Waals surface area (Å²) in [6.07, 6.45) is 8.28. The Labute approximate surface area is 223 Å². The number of carbonyl (C=O) groups excluding carboxylic acids is 2. The number of benzene rings is 1. The van der Waals surface area contributed by atoms with Crippen molar-refractivity contribution in [2.75, 3.05) is 19.6 Å². The normalized spacial score (nSPS) is 26.3. The zero-order valence-electron chi connectivity index (χ0n) is 21.5. The molecule has 1 aliphatic heterocycles. The summed E-state index contributed by atoms with van der Waals surface area (Å²) in [6, 6.07) is 10.7. The van der Waals surface area contributed by atoms with Gasteiger partial charge in [-0.25, -0.2) is 4.39 Å². The van der Waals surface area contributed by atoms with Crippen molar-refractivity contribution in [2.45, 2.75) is 76.0 Å². The molecule has 0 radical (unpaired) electrons. The molecule has 4 atom stereocenters. The molecule has 2 aliphatic carbocycles. The van der Waals surface area contributed by atoms with Crippen molar-refractivity contribution >= 4 is 23.2 Å². The molecule has 3 fully saturated rings. The minimum Gasteiger partial charge on any atom is -0.354 e. The van der Waals surface area contributed by atoms with Crippen LogP contribution in [0.1, 0.15) is 66.6 Å². The van der Waals surface area contributed by atoms with Crippen LogP contribution in [0.25, 0.3) is 0 Å². The van der Waals surface area contributed by atoms with Crippen LogP contribution in [0.3, 0.4) is 0 Å². The average molecular weight is 527 g/mol. The van der Waals surface area contributed by atoms with Gasteiger partial charge in [0.15, 0.2) is 0 Å². The second kappa shape index (κ2) is 12.0. The van der Waals surface area contributed by atoms with Crippen molar-refractivity contribution in [3.05, 3.63) is 58.0 Å². The summed E-state index contributed by atoms with van der Waals surface area (Å²) in [5.74, 6) is 0.682. The molecule has 2 saturated carbocycles. The predicted octanol–water partition coefficient (Wildman–Crippen LogP) is 4.41. The van der Waals surface area contributed by atoms with E-state index < -0.39 is 6.04 Å². The summed E-state index contributed by atoms with van der Waals surface area (Å²) in [7, 11) is 0. The van der Waals surface area contributed by atoms with E-state index in [9.17, 15) is 14.0 Å². The van der Waals surface area contributed by atoms with E-state index in [1.165, 1.54) is 29.9 Å². The molecule has 5 rings (SSSR count). The van der Waals surface area contributed by atoms with Crippen LogP contribution in [0.4, 0.5) is 4.39 Å². The minimum atomic E-state index is -0.489. The molecule has 6 nitrogen and oxygen atoms in total. The Morgan fingerprint density at radius 3 is 2.51 bits per heavy atom. The highest BCUT2D eigenvalue weighted by Crippen LogP contribution is 2.35. The van der Waals surface area contributed by atoms with Gasteiger partial charge in [0.1, 0.15) is 11.9 Å². The number of rotatable bonds is 9. The number of hydrogen-bond donors (Lipinski definition) is 2. The number of halogens is 1. The van der Waals surface area contributed by atoms with E-state index in [1.54, 1.807) is 4.90 Å². The van der Waals surface area contributed by atoms with Crippen molar-refractivity contribution in [2.24, 2.45) is 17.6 Å². The molecule has 3 aliphatic rings. The molecule has 200 valence electrons. The summed E-state index contributed by atoms with van der Waals surface area (Å²) < 4.78 is 13.5. The Bertz CT molecular complexity index is 1040. The van der Waals surface area contributed by atoms with Gasteiger partial charge < -0.3 is 16.0 Å². The van der Waals surface area contributed by atoms with E-state index >= 15 is 0 Å².